The fraction of sp³-hybridized carbons (Fsp3) is 0.294. The van der Waals surface area contributed by atoms with Gasteiger partial charge in [-0.3, -0.25) is 9.59 Å². The summed E-state index contributed by atoms with van der Waals surface area (Å²) in [5.41, 5.74) is 0.327. The minimum atomic E-state index is -0.403. The molecule has 1 saturated heterocycles. The minimum absolute atomic E-state index is 0.0332. The van der Waals surface area contributed by atoms with Gasteiger partial charge >= 0.3 is 0 Å². The SMILES string of the molecule is O=C(/C=C/c1ccccc1F)NCc1nc(C2CCNC(=O)C2)no1. The molecule has 1 fully saturated rings. The smallest absolute Gasteiger partial charge is 0.246 e. The van der Waals surface area contributed by atoms with E-state index in [0.717, 1.165) is 6.42 Å². The van der Waals surface area contributed by atoms with Crippen LogP contribution in [0.15, 0.2) is 34.9 Å². The minimum Gasteiger partial charge on any atom is -0.356 e. The Balaban J connectivity index is 1.52. The number of rotatable bonds is 5. The summed E-state index contributed by atoms with van der Waals surface area (Å²) in [5, 5.41) is 9.21. The summed E-state index contributed by atoms with van der Waals surface area (Å²) in [7, 11) is 0. The van der Waals surface area contributed by atoms with Gasteiger partial charge in [0.1, 0.15) is 5.82 Å². The number of amides is 2. The van der Waals surface area contributed by atoms with Crippen molar-refractivity contribution in [3.05, 3.63) is 53.4 Å². The molecule has 2 N–H and O–H groups in total. The largest absolute Gasteiger partial charge is 0.356 e. The van der Waals surface area contributed by atoms with Gasteiger partial charge in [0, 0.05) is 30.5 Å². The Hall–Kier alpha value is -3.03. The van der Waals surface area contributed by atoms with Gasteiger partial charge < -0.3 is 15.2 Å². The van der Waals surface area contributed by atoms with Gasteiger partial charge in [0.2, 0.25) is 17.7 Å². The maximum absolute atomic E-state index is 13.5. The Morgan fingerprint density at radius 1 is 1.44 bits per heavy atom. The van der Waals surface area contributed by atoms with Crippen molar-refractivity contribution in [1.29, 1.82) is 0 Å². The standard InChI is InChI=1S/C17H17FN4O3/c18-13-4-2-1-3-11(13)5-6-14(23)20-10-16-21-17(22-25-16)12-7-8-19-15(24)9-12/h1-6,12H,7-10H2,(H,19,24)(H,20,23)/b6-5+. The number of hydrogen-bond acceptors (Lipinski definition) is 5. The molecule has 25 heavy (non-hydrogen) atoms. The Labute approximate surface area is 143 Å². The highest BCUT2D eigenvalue weighted by atomic mass is 19.1. The van der Waals surface area contributed by atoms with E-state index in [1.54, 1.807) is 18.2 Å². The van der Waals surface area contributed by atoms with E-state index in [2.05, 4.69) is 20.8 Å². The van der Waals surface area contributed by atoms with Crippen molar-refractivity contribution >= 4 is 17.9 Å². The summed E-state index contributed by atoms with van der Waals surface area (Å²) in [6.45, 7) is 0.650. The molecule has 3 rings (SSSR count). The van der Waals surface area contributed by atoms with Crippen molar-refractivity contribution in [1.82, 2.24) is 20.8 Å². The van der Waals surface area contributed by atoms with Crippen LogP contribution in [-0.2, 0) is 16.1 Å². The summed E-state index contributed by atoms with van der Waals surface area (Å²) in [6.07, 6.45) is 3.71. The number of nitrogens with one attached hydrogen (secondary N) is 2. The second-order valence-electron chi connectivity index (χ2n) is 5.66. The summed E-state index contributed by atoms with van der Waals surface area (Å²) in [5.74, 6) is -0.170. The maximum Gasteiger partial charge on any atom is 0.246 e. The fourth-order valence-electron chi connectivity index (χ4n) is 2.51. The molecule has 2 heterocycles. The summed E-state index contributed by atoms with van der Waals surface area (Å²) < 4.78 is 18.5. The van der Waals surface area contributed by atoms with E-state index in [4.69, 9.17) is 4.52 Å². The summed E-state index contributed by atoms with van der Waals surface area (Å²) in [4.78, 5) is 27.4. The van der Waals surface area contributed by atoms with Crippen molar-refractivity contribution in [2.75, 3.05) is 6.54 Å². The average Bonchev–Trinajstić information content (AvgIpc) is 3.08. The van der Waals surface area contributed by atoms with Crippen LogP contribution in [0.2, 0.25) is 0 Å². The Morgan fingerprint density at radius 2 is 2.28 bits per heavy atom. The second kappa shape index (κ2) is 7.69. The lowest BCUT2D eigenvalue weighted by Crippen LogP contribution is -2.32. The highest BCUT2D eigenvalue weighted by Crippen LogP contribution is 2.22. The van der Waals surface area contributed by atoms with Crippen LogP contribution in [0.1, 0.15) is 36.0 Å². The van der Waals surface area contributed by atoms with E-state index in [0.29, 0.717) is 24.4 Å². The predicted molar refractivity (Wildman–Crippen MR) is 86.6 cm³/mol. The number of carbonyl (C=O) groups is 2. The number of halogens is 1. The Bertz CT molecular complexity index is 803. The molecule has 0 aliphatic carbocycles. The first-order valence-corrected chi connectivity index (χ1v) is 7.91. The van der Waals surface area contributed by atoms with Gasteiger partial charge in [-0.1, -0.05) is 23.4 Å². The normalized spacial score (nSPS) is 17.5. The molecule has 0 bridgehead atoms. The molecular weight excluding hydrogens is 327 g/mol. The van der Waals surface area contributed by atoms with E-state index < -0.39 is 11.7 Å². The topological polar surface area (TPSA) is 97.1 Å². The Kier molecular flexibility index (Phi) is 5.17. The molecule has 2 amide bonds. The number of hydrogen-bond donors (Lipinski definition) is 2. The molecule has 0 radical (unpaired) electrons. The van der Waals surface area contributed by atoms with E-state index in [1.165, 1.54) is 18.2 Å². The van der Waals surface area contributed by atoms with E-state index >= 15 is 0 Å². The van der Waals surface area contributed by atoms with Crippen LogP contribution in [0.4, 0.5) is 4.39 Å². The number of carbonyl (C=O) groups excluding carboxylic acids is 2. The molecule has 1 atom stereocenters. The van der Waals surface area contributed by atoms with Crippen LogP contribution in [0.3, 0.4) is 0 Å². The third kappa shape index (κ3) is 4.50. The van der Waals surface area contributed by atoms with Crippen LogP contribution in [-0.4, -0.2) is 28.5 Å². The van der Waals surface area contributed by atoms with E-state index in [1.807, 2.05) is 0 Å². The molecule has 130 valence electrons. The lowest BCUT2D eigenvalue weighted by molar-refractivity contribution is -0.122. The molecule has 7 nitrogen and oxygen atoms in total. The van der Waals surface area contributed by atoms with Gasteiger partial charge in [-0.2, -0.15) is 4.98 Å². The van der Waals surface area contributed by atoms with Crippen LogP contribution >= 0.6 is 0 Å². The molecule has 1 aromatic carbocycles. The molecule has 1 aliphatic rings. The summed E-state index contributed by atoms with van der Waals surface area (Å²) >= 11 is 0. The zero-order chi connectivity index (χ0) is 17.6. The predicted octanol–water partition coefficient (Wildman–Crippen LogP) is 1.53. The van der Waals surface area contributed by atoms with Crippen LogP contribution < -0.4 is 10.6 Å². The fourth-order valence-corrected chi connectivity index (χ4v) is 2.51. The van der Waals surface area contributed by atoms with E-state index in [-0.39, 0.29) is 24.3 Å². The molecule has 0 saturated carbocycles. The van der Waals surface area contributed by atoms with Crippen molar-refractivity contribution in [2.45, 2.75) is 25.3 Å². The van der Waals surface area contributed by atoms with Crippen molar-refractivity contribution < 1.29 is 18.5 Å². The first-order chi connectivity index (χ1) is 12.1. The number of benzene rings is 1. The number of piperidine rings is 1. The van der Waals surface area contributed by atoms with Gasteiger partial charge in [-0.25, -0.2) is 4.39 Å². The molecule has 1 unspecified atom stereocenters. The zero-order valence-corrected chi connectivity index (χ0v) is 13.4. The first-order valence-electron chi connectivity index (χ1n) is 7.91. The second-order valence-corrected chi connectivity index (χ2v) is 5.66. The lowest BCUT2D eigenvalue weighted by Gasteiger charge is -2.18. The third-order valence-corrected chi connectivity index (χ3v) is 3.83. The summed E-state index contributed by atoms with van der Waals surface area (Å²) in [6, 6.07) is 6.16. The Morgan fingerprint density at radius 3 is 3.08 bits per heavy atom. The van der Waals surface area contributed by atoms with Crippen LogP contribution in [0.25, 0.3) is 6.08 Å². The van der Waals surface area contributed by atoms with Gasteiger partial charge in [-0.05, 0) is 18.6 Å². The van der Waals surface area contributed by atoms with Gasteiger partial charge in [0.05, 0.1) is 6.54 Å². The van der Waals surface area contributed by atoms with Crippen molar-refractivity contribution in [2.24, 2.45) is 0 Å². The molecule has 8 heteroatoms. The van der Waals surface area contributed by atoms with Crippen LogP contribution in [0, 0.1) is 5.82 Å². The third-order valence-electron chi connectivity index (χ3n) is 3.83. The number of nitrogens with zero attached hydrogens (tertiary/aromatic N) is 2. The van der Waals surface area contributed by atoms with Crippen molar-refractivity contribution in [3.63, 3.8) is 0 Å². The lowest BCUT2D eigenvalue weighted by atomic mass is 9.97. The highest BCUT2D eigenvalue weighted by Gasteiger charge is 2.25. The molecule has 1 aliphatic heterocycles. The molecule has 1 aromatic heterocycles. The van der Waals surface area contributed by atoms with Crippen LogP contribution in [0.5, 0.6) is 0 Å². The van der Waals surface area contributed by atoms with Gasteiger partial charge in [0.25, 0.3) is 0 Å². The first kappa shape index (κ1) is 16.8. The average molecular weight is 344 g/mol. The quantitative estimate of drug-likeness (QED) is 0.802. The number of aromatic nitrogens is 2. The molecule has 0 spiro atoms. The highest BCUT2D eigenvalue weighted by molar-refractivity contribution is 5.91. The maximum atomic E-state index is 13.5. The molecular formula is C17H17FN4O3. The van der Waals surface area contributed by atoms with Crippen molar-refractivity contribution in [3.8, 4) is 0 Å². The van der Waals surface area contributed by atoms with Gasteiger partial charge in [0.15, 0.2) is 5.82 Å². The monoisotopic (exact) mass is 344 g/mol. The zero-order valence-electron chi connectivity index (χ0n) is 13.4. The van der Waals surface area contributed by atoms with Gasteiger partial charge in [-0.15, -0.1) is 0 Å². The molecule has 2 aromatic rings. The van der Waals surface area contributed by atoms with E-state index in [9.17, 15) is 14.0 Å².